The van der Waals surface area contributed by atoms with Crippen LogP contribution in [0.2, 0.25) is 0 Å². The molecule has 0 saturated heterocycles. The maximum absolute atomic E-state index is 12.8. The van der Waals surface area contributed by atoms with Crippen molar-refractivity contribution in [2.75, 3.05) is 0 Å². The van der Waals surface area contributed by atoms with Crippen molar-refractivity contribution in [3.8, 4) is 11.3 Å². The number of carbonyl (C=O) groups is 1. The second kappa shape index (κ2) is 7.09. The zero-order valence-electron chi connectivity index (χ0n) is 15.1. The van der Waals surface area contributed by atoms with E-state index in [2.05, 4.69) is 9.88 Å². The van der Waals surface area contributed by atoms with E-state index in [1.54, 1.807) is 24.3 Å². The van der Waals surface area contributed by atoms with Gasteiger partial charge in [0.15, 0.2) is 5.76 Å². The lowest BCUT2D eigenvalue weighted by molar-refractivity contribution is -0.140. The highest BCUT2D eigenvalue weighted by Crippen LogP contribution is 2.52. The van der Waals surface area contributed by atoms with E-state index in [9.17, 15) is 22.7 Å². The number of carboxylic acid groups (broad SMARTS) is 1. The first-order chi connectivity index (χ1) is 13.9. The lowest BCUT2D eigenvalue weighted by atomic mass is 10.1. The van der Waals surface area contributed by atoms with Crippen molar-refractivity contribution in [3.63, 3.8) is 0 Å². The van der Waals surface area contributed by atoms with Crippen LogP contribution < -0.4 is 4.72 Å². The summed E-state index contributed by atoms with van der Waals surface area (Å²) >= 11 is 0. The molecule has 2 aromatic carbocycles. The van der Waals surface area contributed by atoms with E-state index in [1.165, 1.54) is 30.3 Å². The van der Waals surface area contributed by atoms with Gasteiger partial charge < -0.3 is 9.63 Å². The Hall–Kier alpha value is -3.04. The van der Waals surface area contributed by atoms with E-state index in [0.29, 0.717) is 11.3 Å². The summed E-state index contributed by atoms with van der Waals surface area (Å²) in [7, 11) is -4.07. The summed E-state index contributed by atoms with van der Waals surface area (Å²) < 4.78 is 45.4. The van der Waals surface area contributed by atoms with Crippen LogP contribution in [0, 0.1) is 0 Å². The quantitative estimate of drug-likeness (QED) is 0.613. The van der Waals surface area contributed by atoms with Crippen molar-refractivity contribution >= 4 is 16.0 Å². The molecule has 1 aromatic heterocycles. The molecule has 3 aromatic rings. The third-order valence-corrected chi connectivity index (χ3v) is 6.54. The number of halogens is 1. The zero-order valence-corrected chi connectivity index (χ0v) is 15.9. The minimum absolute atomic E-state index is 0.0717. The van der Waals surface area contributed by atoms with E-state index in [-0.39, 0.29) is 17.1 Å². The van der Waals surface area contributed by atoms with Crippen LogP contribution >= 0.6 is 0 Å². The first-order valence-corrected chi connectivity index (χ1v) is 10.3. The summed E-state index contributed by atoms with van der Waals surface area (Å²) in [6.07, 6.45) is 0.175. The molecule has 1 heterocycles. The van der Waals surface area contributed by atoms with Gasteiger partial charge in [-0.15, -0.1) is 0 Å². The Kier molecular flexibility index (Phi) is 4.71. The predicted octanol–water partition coefficient (Wildman–Crippen LogP) is 3.10. The molecule has 29 heavy (non-hydrogen) atoms. The second-order valence-corrected chi connectivity index (χ2v) is 8.57. The summed E-state index contributed by atoms with van der Waals surface area (Å²) in [4.78, 5) is 11.8. The molecular weight excluding hydrogens is 399 g/mol. The highest BCUT2D eigenvalue weighted by molar-refractivity contribution is 7.89. The number of aromatic nitrogens is 1. The molecule has 0 radical (unpaired) electrons. The molecule has 4 rings (SSSR count). The van der Waals surface area contributed by atoms with Gasteiger partial charge in [0, 0.05) is 17.5 Å². The normalized spacial score (nSPS) is 21.1. The van der Waals surface area contributed by atoms with Gasteiger partial charge in [-0.3, -0.25) is 4.79 Å². The molecule has 2 atom stereocenters. The topological polar surface area (TPSA) is 110 Å². The van der Waals surface area contributed by atoms with E-state index in [4.69, 9.17) is 4.52 Å². The largest absolute Gasteiger partial charge is 0.480 e. The third-order valence-electron chi connectivity index (χ3n) is 5.01. The predicted molar refractivity (Wildman–Crippen MR) is 101 cm³/mol. The van der Waals surface area contributed by atoms with Gasteiger partial charge in [-0.05, 0) is 24.1 Å². The molecule has 7 nitrogen and oxygen atoms in total. The van der Waals surface area contributed by atoms with Crippen molar-refractivity contribution in [2.24, 2.45) is 0 Å². The van der Waals surface area contributed by atoms with Gasteiger partial charge in [0.1, 0.15) is 17.9 Å². The van der Waals surface area contributed by atoms with Crippen LogP contribution in [-0.2, 0) is 21.5 Å². The first-order valence-electron chi connectivity index (χ1n) is 8.80. The van der Waals surface area contributed by atoms with Crippen LogP contribution in [-0.4, -0.2) is 30.2 Å². The van der Waals surface area contributed by atoms with E-state index in [1.807, 2.05) is 6.07 Å². The van der Waals surface area contributed by atoms with Gasteiger partial charge in [-0.1, -0.05) is 47.6 Å². The maximum Gasteiger partial charge on any atom is 0.325 e. The number of aliphatic carboxylic acids is 1. The molecule has 1 aliphatic rings. The van der Waals surface area contributed by atoms with Crippen molar-refractivity contribution in [1.82, 2.24) is 9.88 Å². The molecule has 0 amide bonds. The van der Waals surface area contributed by atoms with Crippen LogP contribution in [0.4, 0.5) is 4.39 Å². The number of sulfonamides is 1. The molecule has 9 heteroatoms. The molecule has 0 bridgehead atoms. The fourth-order valence-electron chi connectivity index (χ4n) is 3.36. The highest BCUT2D eigenvalue weighted by Gasteiger charge is 2.63. The number of benzene rings is 2. The monoisotopic (exact) mass is 416 g/mol. The van der Waals surface area contributed by atoms with Crippen LogP contribution in [0.5, 0.6) is 0 Å². The van der Waals surface area contributed by atoms with Gasteiger partial charge in [-0.25, -0.2) is 12.8 Å². The minimum Gasteiger partial charge on any atom is -0.480 e. The summed E-state index contributed by atoms with van der Waals surface area (Å²) in [5, 5.41) is 13.4. The Morgan fingerprint density at radius 1 is 1.21 bits per heavy atom. The first kappa shape index (κ1) is 19.3. The number of rotatable bonds is 7. The van der Waals surface area contributed by atoms with Gasteiger partial charge >= 0.3 is 5.97 Å². The van der Waals surface area contributed by atoms with E-state index in [0.717, 1.165) is 5.56 Å². The minimum atomic E-state index is -4.07. The molecule has 0 aliphatic heterocycles. The van der Waals surface area contributed by atoms with Crippen molar-refractivity contribution < 1.29 is 27.2 Å². The Labute approximate surface area is 166 Å². The number of hydrogen-bond acceptors (Lipinski definition) is 5. The standard InChI is InChI=1S/C20H17FN2O5S/c21-12-15-10-18(22-28-15)14-6-8-16(9-7-14)29(26,27)23-20(19(24)25)11-17(20)13-4-2-1-3-5-13/h1-10,17,23H,11-12H2,(H,24,25)/t17-,20-/m0/s1. The Balaban J connectivity index is 1.57. The number of carboxylic acids is 1. The molecule has 150 valence electrons. The molecule has 0 spiro atoms. The lowest BCUT2D eigenvalue weighted by Gasteiger charge is -2.15. The van der Waals surface area contributed by atoms with E-state index >= 15 is 0 Å². The van der Waals surface area contributed by atoms with Crippen molar-refractivity contribution in [2.45, 2.75) is 29.4 Å². The lowest BCUT2D eigenvalue weighted by Crippen LogP contribution is -2.44. The Bertz CT molecular complexity index is 1150. The number of nitrogens with one attached hydrogen (secondary N) is 1. The Morgan fingerprint density at radius 3 is 2.48 bits per heavy atom. The summed E-state index contributed by atoms with van der Waals surface area (Å²) in [6.45, 7) is -0.788. The van der Waals surface area contributed by atoms with Gasteiger partial charge in [0.2, 0.25) is 10.0 Å². The highest BCUT2D eigenvalue weighted by atomic mass is 32.2. The van der Waals surface area contributed by atoms with Gasteiger partial charge in [0.25, 0.3) is 0 Å². The average Bonchev–Trinajstić information content (AvgIpc) is 3.24. The van der Waals surface area contributed by atoms with Crippen LogP contribution in [0.1, 0.15) is 23.7 Å². The molecule has 0 unspecified atom stereocenters. The van der Waals surface area contributed by atoms with Crippen LogP contribution in [0.3, 0.4) is 0 Å². The fourth-order valence-corrected chi connectivity index (χ4v) is 4.76. The Morgan fingerprint density at radius 2 is 1.90 bits per heavy atom. The van der Waals surface area contributed by atoms with Crippen LogP contribution in [0.25, 0.3) is 11.3 Å². The zero-order chi connectivity index (χ0) is 20.6. The second-order valence-electron chi connectivity index (χ2n) is 6.89. The molecule has 1 aliphatic carbocycles. The summed E-state index contributed by atoms with van der Waals surface area (Å²) in [5.41, 5.74) is 0.126. The fraction of sp³-hybridized carbons (Fsp3) is 0.200. The van der Waals surface area contributed by atoms with E-state index < -0.39 is 34.1 Å². The molecule has 1 saturated carbocycles. The van der Waals surface area contributed by atoms with Crippen molar-refractivity contribution in [3.05, 3.63) is 72.0 Å². The smallest absolute Gasteiger partial charge is 0.325 e. The molecule has 2 N–H and O–H groups in total. The van der Waals surface area contributed by atoms with Gasteiger partial charge in [-0.2, -0.15) is 4.72 Å². The summed E-state index contributed by atoms with van der Waals surface area (Å²) in [5.74, 6) is -1.58. The average molecular weight is 416 g/mol. The number of alkyl halides is 1. The maximum atomic E-state index is 12.8. The van der Waals surface area contributed by atoms with Crippen LogP contribution in [0.15, 0.2) is 70.1 Å². The van der Waals surface area contributed by atoms with Crippen molar-refractivity contribution in [1.29, 1.82) is 0 Å². The summed E-state index contributed by atoms with van der Waals surface area (Å²) in [6, 6.07) is 16.1. The number of nitrogens with zero attached hydrogens (tertiary/aromatic N) is 1. The SMILES string of the molecule is O=C(O)[C@]1(NS(=O)(=O)c2ccc(-c3cc(CF)on3)cc2)C[C@H]1c1ccccc1. The molecule has 1 fully saturated rings. The number of hydrogen-bond donors (Lipinski definition) is 2. The molecular formula is C20H17FN2O5S. The van der Waals surface area contributed by atoms with Gasteiger partial charge in [0.05, 0.1) is 4.90 Å². The third kappa shape index (κ3) is 3.54.